The van der Waals surface area contributed by atoms with Gasteiger partial charge in [0.15, 0.2) is 0 Å². The molecule has 15 heavy (non-hydrogen) atoms. The van der Waals surface area contributed by atoms with Gasteiger partial charge in [0.1, 0.15) is 5.82 Å². The molecule has 2 heterocycles. The number of aromatic nitrogens is 3. The Morgan fingerprint density at radius 3 is 2.87 bits per heavy atom. The summed E-state index contributed by atoms with van der Waals surface area (Å²) in [5, 5.41) is 8.81. The normalized spacial score (nSPS) is 10.2. The molecular weight excluding hydrogens is 194 g/mol. The predicted molar refractivity (Wildman–Crippen MR) is 53.4 cm³/mol. The molecule has 0 aliphatic rings. The summed E-state index contributed by atoms with van der Waals surface area (Å²) in [6.45, 7) is 0. The number of imidazole rings is 1. The van der Waals surface area contributed by atoms with Gasteiger partial charge in [-0.1, -0.05) is 0 Å². The van der Waals surface area contributed by atoms with Crippen molar-refractivity contribution >= 4 is 5.97 Å². The maximum atomic E-state index is 10.7. The van der Waals surface area contributed by atoms with E-state index in [2.05, 4.69) is 9.97 Å². The van der Waals surface area contributed by atoms with Gasteiger partial charge in [0.05, 0.1) is 5.56 Å². The average molecular weight is 203 g/mol. The summed E-state index contributed by atoms with van der Waals surface area (Å²) in [6, 6.07) is 1.55. The van der Waals surface area contributed by atoms with Crippen molar-refractivity contribution in [1.29, 1.82) is 0 Å². The topological polar surface area (TPSA) is 68.0 Å². The first-order chi connectivity index (χ1) is 7.18. The second-order valence-corrected chi connectivity index (χ2v) is 3.13. The van der Waals surface area contributed by atoms with E-state index in [1.54, 1.807) is 24.7 Å². The van der Waals surface area contributed by atoms with Crippen LogP contribution in [0, 0.1) is 0 Å². The van der Waals surface area contributed by atoms with E-state index in [0.717, 1.165) is 0 Å². The highest BCUT2D eigenvalue weighted by Gasteiger charge is 2.08. The van der Waals surface area contributed by atoms with Gasteiger partial charge in [-0.15, -0.1) is 0 Å². The van der Waals surface area contributed by atoms with E-state index in [-0.39, 0.29) is 5.56 Å². The van der Waals surface area contributed by atoms with Crippen LogP contribution in [0.3, 0.4) is 0 Å². The van der Waals surface area contributed by atoms with Crippen LogP contribution in [0.15, 0.2) is 30.9 Å². The van der Waals surface area contributed by atoms with E-state index in [0.29, 0.717) is 11.4 Å². The van der Waals surface area contributed by atoms with Crippen molar-refractivity contribution in [3.8, 4) is 11.4 Å². The van der Waals surface area contributed by atoms with Gasteiger partial charge in [0.2, 0.25) is 0 Å². The second kappa shape index (κ2) is 3.53. The summed E-state index contributed by atoms with van der Waals surface area (Å²) < 4.78 is 1.81. The number of nitrogens with zero attached hydrogens (tertiary/aromatic N) is 3. The number of carboxylic acid groups (broad SMARTS) is 1. The number of carboxylic acids is 1. The SMILES string of the molecule is Cn1ccnc1-c1cncc(C(=O)O)c1. The molecule has 5 nitrogen and oxygen atoms in total. The highest BCUT2D eigenvalue weighted by Crippen LogP contribution is 2.16. The van der Waals surface area contributed by atoms with Crippen molar-refractivity contribution in [2.24, 2.45) is 7.05 Å². The molecule has 0 aliphatic heterocycles. The monoisotopic (exact) mass is 203 g/mol. The second-order valence-electron chi connectivity index (χ2n) is 3.13. The van der Waals surface area contributed by atoms with E-state index in [9.17, 15) is 4.79 Å². The van der Waals surface area contributed by atoms with E-state index < -0.39 is 5.97 Å². The number of hydrogen-bond donors (Lipinski definition) is 1. The van der Waals surface area contributed by atoms with Crippen molar-refractivity contribution in [2.75, 3.05) is 0 Å². The van der Waals surface area contributed by atoms with Gasteiger partial charge in [-0.3, -0.25) is 4.98 Å². The zero-order valence-corrected chi connectivity index (χ0v) is 8.08. The molecular formula is C10H9N3O2. The zero-order chi connectivity index (χ0) is 10.8. The Morgan fingerprint density at radius 1 is 1.47 bits per heavy atom. The third kappa shape index (κ3) is 1.71. The summed E-state index contributed by atoms with van der Waals surface area (Å²) in [6.07, 6.45) is 6.36. The van der Waals surface area contributed by atoms with Crippen LogP contribution in [-0.4, -0.2) is 25.6 Å². The van der Waals surface area contributed by atoms with Crippen LogP contribution in [0.4, 0.5) is 0 Å². The van der Waals surface area contributed by atoms with Gasteiger partial charge < -0.3 is 9.67 Å². The van der Waals surface area contributed by atoms with Crippen LogP contribution >= 0.6 is 0 Å². The Morgan fingerprint density at radius 2 is 2.27 bits per heavy atom. The maximum Gasteiger partial charge on any atom is 0.337 e. The number of aryl methyl sites for hydroxylation is 1. The molecule has 0 saturated carbocycles. The smallest absolute Gasteiger partial charge is 0.337 e. The Hall–Kier alpha value is -2.17. The Balaban J connectivity index is 2.50. The Bertz CT molecular complexity index is 505. The third-order valence-electron chi connectivity index (χ3n) is 2.06. The molecule has 0 aliphatic carbocycles. The first-order valence-electron chi connectivity index (χ1n) is 4.34. The predicted octanol–water partition coefficient (Wildman–Crippen LogP) is 1.18. The third-order valence-corrected chi connectivity index (χ3v) is 2.06. The standard InChI is InChI=1S/C10H9N3O2/c1-13-3-2-12-9(13)7-4-8(10(14)15)6-11-5-7/h2-6H,1H3,(H,14,15). The summed E-state index contributed by atoms with van der Waals surface area (Å²) in [5.41, 5.74) is 0.859. The molecule has 2 rings (SSSR count). The molecule has 0 unspecified atom stereocenters. The molecule has 0 atom stereocenters. The van der Waals surface area contributed by atoms with Gasteiger partial charge in [-0.25, -0.2) is 9.78 Å². The molecule has 1 N–H and O–H groups in total. The Labute approximate surface area is 86.0 Å². The van der Waals surface area contributed by atoms with Crippen molar-refractivity contribution in [3.05, 3.63) is 36.4 Å². The van der Waals surface area contributed by atoms with Crippen molar-refractivity contribution < 1.29 is 9.90 Å². The number of pyridine rings is 1. The van der Waals surface area contributed by atoms with Gasteiger partial charge in [0.25, 0.3) is 0 Å². The fourth-order valence-electron chi connectivity index (χ4n) is 1.32. The van der Waals surface area contributed by atoms with E-state index in [4.69, 9.17) is 5.11 Å². The molecule has 0 aromatic carbocycles. The van der Waals surface area contributed by atoms with E-state index in [1.807, 2.05) is 11.6 Å². The summed E-state index contributed by atoms with van der Waals surface area (Å²) in [4.78, 5) is 18.7. The average Bonchev–Trinajstić information content (AvgIpc) is 2.64. The lowest BCUT2D eigenvalue weighted by molar-refractivity contribution is 0.0696. The number of rotatable bonds is 2. The zero-order valence-electron chi connectivity index (χ0n) is 8.08. The van der Waals surface area contributed by atoms with Gasteiger partial charge in [-0.2, -0.15) is 0 Å². The van der Waals surface area contributed by atoms with Crippen molar-refractivity contribution in [2.45, 2.75) is 0 Å². The highest BCUT2D eigenvalue weighted by molar-refractivity contribution is 5.88. The lowest BCUT2D eigenvalue weighted by atomic mass is 10.2. The van der Waals surface area contributed by atoms with Gasteiger partial charge in [0, 0.05) is 37.4 Å². The first-order valence-corrected chi connectivity index (χ1v) is 4.34. The van der Waals surface area contributed by atoms with Crippen LogP contribution in [0.1, 0.15) is 10.4 Å². The molecule has 0 bridgehead atoms. The molecule has 76 valence electrons. The van der Waals surface area contributed by atoms with Crippen LogP contribution in [-0.2, 0) is 7.05 Å². The van der Waals surface area contributed by atoms with Gasteiger partial charge >= 0.3 is 5.97 Å². The lowest BCUT2D eigenvalue weighted by Gasteiger charge is -2.01. The van der Waals surface area contributed by atoms with Crippen LogP contribution < -0.4 is 0 Å². The Kier molecular flexibility index (Phi) is 2.21. The fraction of sp³-hybridized carbons (Fsp3) is 0.100. The number of carbonyl (C=O) groups is 1. The van der Waals surface area contributed by atoms with Gasteiger partial charge in [-0.05, 0) is 6.07 Å². The molecule has 5 heteroatoms. The quantitative estimate of drug-likeness (QED) is 0.795. The molecule has 2 aromatic heterocycles. The highest BCUT2D eigenvalue weighted by atomic mass is 16.4. The van der Waals surface area contributed by atoms with Crippen LogP contribution in [0.25, 0.3) is 11.4 Å². The van der Waals surface area contributed by atoms with E-state index >= 15 is 0 Å². The minimum Gasteiger partial charge on any atom is -0.478 e. The summed E-state index contributed by atoms with van der Waals surface area (Å²) >= 11 is 0. The minimum atomic E-state index is -0.987. The molecule has 0 radical (unpaired) electrons. The fourth-order valence-corrected chi connectivity index (χ4v) is 1.32. The van der Waals surface area contributed by atoms with Crippen LogP contribution in [0.2, 0.25) is 0 Å². The lowest BCUT2D eigenvalue weighted by Crippen LogP contribution is -1.99. The van der Waals surface area contributed by atoms with Crippen molar-refractivity contribution in [1.82, 2.24) is 14.5 Å². The largest absolute Gasteiger partial charge is 0.478 e. The maximum absolute atomic E-state index is 10.7. The number of aromatic carboxylic acids is 1. The van der Waals surface area contributed by atoms with E-state index in [1.165, 1.54) is 6.20 Å². The molecule has 0 saturated heterocycles. The summed E-state index contributed by atoms with van der Waals surface area (Å²) in [7, 11) is 1.84. The molecule has 0 spiro atoms. The molecule has 2 aromatic rings. The van der Waals surface area contributed by atoms with Crippen molar-refractivity contribution in [3.63, 3.8) is 0 Å². The van der Waals surface area contributed by atoms with Crippen LogP contribution in [0.5, 0.6) is 0 Å². The molecule has 0 fully saturated rings. The molecule has 0 amide bonds. The summed E-state index contributed by atoms with van der Waals surface area (Å²) in [5.74, 6) is -0.288. The first kappa shape index (κ1) is 9.39. The number of hydrogen-bond acceptors (Lipinski definition) is 3. The minimum absolute atomic E-state index is 0.163.